The molecule has 0 heterocycles. The molecular formula is C15H12F2O2. The number of aryl methyl sites for hydroxylation is 1. The van der Waals surface area contributed by atoms with E-state index in [2.05, 4.69) is 0 Å². The van der Waals surface area contributed by atoms with Gasteiger partial charge in [-0.3, -0.25) is 4.79 Å². The molecule has 2 nitrogen and oxygen atoms in total. The van der Waals surface area contributed by atoms with Crippen molar-refractivity contribution < 1.29 is 18.7 Å². The summed E-state index contributed by atoms with van der Waals surface area (Å²) >= 11 is 0. The lowest BCUT2D eigenvalue weighted by Gasteiger charge is -2.06. The maximum atomic E-state index is 13.7. The molecule has 1 N–H and O–H groups in total. The van der Waals surface area contributed by atoms with Crippen molar-refractivity contribution in [3.05, 3.63) is 59.7 Å². The number of halogens is 2. The first-order valence-electron chi connectivity index (χ1n) is 5.83. The summed E-state index contributed by atoms with van der Waals surface area (Å²) < 4.78 is 26.8. The van der Waals surface area contributed by atoms with Crippen LogP contribution in [0.1, 0.15) is 12.0 Å². The Bertz CT molecular complexity index is 609. The minimum atomic E-state index is -0.895. The van der Waals surface area contributed by atoms with E-state index >= 15 is 0 Å². The summed E-state index contributed by atoms with van der Waals surface area (Å²) in [5.41, 5.74) is 1.50. The molecule has 0 aliphatic rings. The van der Waals surface area contributed by atoms with Crippen LogP contribution in [0.15, 0.2) is 42.5 Å². The quantitative estimate of drug-likeness (QED) is 0.913. The second-order valence-electron chi connectivity index (χ2n) is 4.20. The number of carbonyl (C=O) groups is 1. The number of benzene rings is 2. The monoisotopic (exact) mass is 262 g/mol. The fourth-order valence-electron chi connectivity index (χ4n) is 1.87. The average molecular weight is 262 g/mol. The Hall–Kier alpha value is -2.23. The van der Waals surface area contributed by atoms with Gasteiger partial charge in [0.1, 0.15) is 0 Å². The Labute approximate surface area is 109 Å². The molecule has 98 valence electrons. The molecule has 0 fully saturated rings. The van der Waals surface area contributed by atoms with E-state index in [1.54, 1.807) is 24.3 Å². The third-order valence-electron chi connectivity index (χ3n) is 2.82. The molecule has 2 aromatic rings. The first kappa shape index (κ1) is 13.2. The number of aliphatic carboxylic acids is 1. The maximum absolute atomic E-state index is 13.7. The lowest BCUT2D eigenvalue weighted by atomic mass is 10.0. The van der Waals surface area contributed by atoms with Crippen LogP contribution in [-0.4, -0.2) is 11.1 Å². The van der Waals surface area contributed by atoms with Crippen molar-refractivity contribution in [1.82, 2.24) is 0 Å². The van der Waals surface area contributed by atoms with Gasteiger partial charge in [-0.25, -0.2) is 8.78 Å². The molecule has 19 heavy (non-hydrogen) atoms. The molecule has 4 heteroatoms. The van der Waals surface area contributed by atoms with Crippen molar-refractivity contribution in [3.63, 3.8) is 0 Å². The molecular weight excluding hydrogens is 250 g/mol. The van der Waals surface area contributed by atoms with Crippen LogP contribution >= 0.6 is 0 Å². The standard InChI is InChI=1S/C15H12F2O2/c16-13-6-2-5-12(15(13)17)11-4-1-3-10(9-11)7-8-14(18)19/h1-6,9H,7-8H2,(H,18,19). The van der Waals surface area contributed by atoms with Crippen molar-refractivity contribution in [2.24, 2.45) is 0 Å². The highest BCUT2D eigenvalue weighted by Crippen LogP contribution is 2.25. The molecule has 0 aliphatic carbocycles. The van der Waals surface area contributed by atoms with Crippen molar-refractivity contribution in [3.8, 4) is 11.1 Å². The fourth-order valence-corrected chi connectivity index (χ4v) is 1.87. The molecule has 0 saturated carbocycles. The predicted octanol–water partition coefficient (Wildman–Crippen LogP) is 3.65. The van der Waals surface area contributed by atoms with Gasteiger partial charge in [-0.1, -0.05) is 36.4 Å². The summed E-state index contributed by atoms with van der Waals surface area (Å²) in [7, 11) is 0. The molecule has 0 amide bonds. The molecule has 2 rings (SSSR count). The Morgan fingerprint density at radius 3 is 2.58 bits per heavy atom. The van der Waals surface area contributed by atoms with Crippen molar-refractivity contribution in [1.29, 1.82) is 0 Å². The summed E-state index contributed by atoms with van der Waals surface area (Å²) in [5.74, 6) is -2.67. The summed E-state index contributed by atoms with van der Waals surface area (Å²) in [4.78, 5) is 10.5. The van der Waals surface area contributed by atoms with Gasteiger partial charge in [0.15, 0.2) is 11.6 Å². The van der Waals surface area contributed by atoms with Gasteiger partial charge in [-0.05, 0) is 23.6 Å². The lowest BCUT2D eigenvalue weighted by Crippen LogP contribution is -1.97. The predicted molar refractivity (Wildman–Crippen MR) is 67.8 cm³/mol. The largest absolute Gasteiger partial charge is 0.481 e. The van der Waals surface area contributed by atoms with Crippen LogP contribution in [0.4, 0.5) is 8.78 Å². The molecule has 0 aliphatic heterocycles. The lowest BCUT2D eigenvalue weighted by molar-refractivity contribution is -0.136. The van der Waals surface area contributed by atoms with Gasteiger partial charge in [-0.15, -0.1) is 0 Å². The number of hydrogen-bond donors (Lipinski definition) is 1. The number of rotatable bonds is 4. The van der Waals surface area contributed by atoms with Crippen LogP contribution in [0.25, 0.3) is 11.1 Å². The van der Waals surface area contributed by atoms with E-state index in [-0.39, 0.29) is 12.0 Å². The van der Waals surface area contributed by atoms with E-state index < -0.39 is 17.6 Å². The van der Waals surface area contributed by atoms with Crippen LogP contribution in [0, 0.1) is 11.6 Å². The molecule has 0 aromatic heterocycles. The Balaban J connectivity index is 2.32. The molecule has 0 bridgehead atoms. The molecule has 0 spiro atoms. The third kappa shape index (κ3) is 3.16. The zero-order valence-electron chi connectivity index (χ0n) is 10.1. The SMILES string of the molecule is O=C(O)CCc1cccc(-c2cccc(F)c2F)c1. The van der Waals surface area contributed by atoms with E-state index in [4.69, 9.17) is 5.11 Å². The molecule has 0 atom stereocenters. The molecule has 0 unspecified atom stereocenters. The summed E-state index contributed by atoms with van der Waals surface area (Å²) in [6.45, 7) is 0. The van der Waals surface area contributed by atoms with Crippen LogP contribution in [-0.2, 0) is 11.2 Å². The highest BCUT2D eigenvalue weighted by Gasteiger charge is 2.10. The Kier molecular flexibility index (Phi) is 3.90. The summed E-state index contributed by atoms with van der Waals surface area (Å²) in [6.07, 6.45) is 0.370. The second-order valence-corrected chi connectivity index (χ2v) is 4.20. The topological polar surface area (TPSA) is 37.3 Å². The number of carboxylic acids is 1. The highest BCUT2D eigenvalue weighted by molar-refractivity contribution is 5.68. The van der Waals surface area contributed by atoms with Gasteiger partial charge >= 0.3 is 5.97 Å². The molecule has 2 aromatic carbocycles. The van der Waals surface area contributed by atoms with Crippen LogP contribution < -0.4 is 0 Å². The first-order chi connectivity index (χ1) is 9.08. The summed E-state index contributed by atoms with van der Waals surface area (Å²) in [5, 5.41) is 8.63. The molecule has 0 saturated heterocycles. The van der Waals surface area contributed by atoms with E-state index in [0.29, 0.717) is 12.0 Å². The van der Waals surface area contributed by atoms with Gasteiger partial charge in [0, 0.05) is 12.0 Å². The minimum Gasteiger partial charge on any atom is -0.481 e. The highest BCUT2D eigenvalue weighted by atomic mass is 19.2. The van der Waals surface area contributed by atoms with Crippen molar-refractivity contribution in [2.45, 2.75) is 12.8 Å². The van der Waals surface area contributed by atoms with E-state index in [0.717, 1.165) is 11.6 Å². The number of carboxylic acid groups (broad SMARTS) is 1. The van der Waals surface area contributed by atoms with Gasteiger partial charge in [0.25, 0.3) is 0 Å². The van der Waals surface area contributed by atoms with E-state index in [1.807, 2.05) is 0 Å². The van der Waals surface area contributed by atoms with Gasteiger partial charge in [0.05, 0.1) is 0 Å². The second kappa shape index (κ2) is 5.61. The number of hydrogen-bond acceptors (Lipinski definition) is 1. The smallest absolute Gasteiger partial charge is 0.303 e. The van der Waals surface area contributed by atoms with Gasteiger partial charge in [-0.2, -0.15) is 0 Å². The summed E-state index contributed by atoms with van der Waals surface area (Å²) in [6, 6.07) is 10.8. The average Bonchev–Trinajstić information content (AvgIpc) is 2.40. The normalized spacial score (nSPS) is 10.4. The van der Waals surface area contributed by atoms with Crippen LogP contribution in [0.2, 0.25) is 0 Å². The zero-order valence-corrected chi connectivity index (χ0v) is 10.1. The van der Waals surface area contributed by atoms with Gasteiger partial charge < -0.3 is 5.11 Å². The van der Waals surface area contributed by atoms with E-state index in [9.17, 15) is 13.6 Å². The molecule has 0 radical (unpaired) electrons. The Morgan fingerprint density at radius 1 is 1.11 bits per heavy atom. The maximum Gasteiger partial charge on any atom is 0.303 e. The zero-order chi connectivity index (χ0) is 13.8. The van der Waals surface area contributed by atoms with Crippen molar-refractivity contribution in [2.75, 3.05) is 0 Å². The van der Waals surface area contributed by atoms with Crippen molar-refractivity contribution >= 4 is 5.97 Å². The fraction of sp³-hybridized carbons (Fsp3) is 0.133. The minimum absolute atomic E-state index is 0.00901. The Morgan fingerprint density at radius 2 is 1.84 bits per heavy atom. The first-order valence-corrected chi connectivity index (χ1v) is 5.83. The van der Waals surface area contributed by atoms with E-state index in [1.165, 1.54) is 12.1 Å². The third-order valence-corrected chi connectivity index (χ3v) is 2.82. The van der Waals surface area contributed by atoms with Crippen LogP contribution in [0.5, 0.6) is 0 Å². The van der Waals surface area contributed by atoms with Crippen LogP contribution in [0.3, 0.4) is 0 Å². The van der Waals surface area contributed by atoms with Gasteiger partial charge in [0.2, 0.25) is 0 Å².